The van der Waals surface area contributed by atoms with E-state index >= 15 is 0 Å². The highest BCUT2D eigenvalue weighted by Gasteiger charge is 2.14. The van der Waals surface area contributed by atoms with Crippen LogP contribution in [0.2, 0.25) is 0 Å². The number of nitrogens with two attached hydrogens (primary N) is 1. The highest BCUT2D eigenvalue weighted by atomic mass is 15.3. The van der Waals surface area contributed by atoms with E-state index < -0.39 is 6.17 Å². The van der Waals surface area contributed by atoms with Crippen molar-refractivity contribution in [3.63, 3.8) is 0 Å². The highest BCUT2D eigenvalue weighted by Crippen LogP contribution is 2.32. The minimum atomic E-state index is -0.980. The van der Waals surface area contributed by atoms with Crippen molar-refractivity contribution in [3.8, 4) is 17.2 Å². The van der Waals surface area contributed by atoms with Gasteiger partial charge in [0.25, 0.3) is 0 Å². The van der Waals surface area contributed by atoms with Gasteiger partial charge in [0.05, 0.1) is 18.1 Å². The highest BCUT2D eigenvalue weighted by molar-refractivity contribution is 5.97. The molecule has 0 fully saturated rings. The van der Waals surface area contributed by atoms with Gasteiger partial charge in [0, 0.05) is 17.3 Å². The number of nitriles is 1. The molecule has 0 spiro atoms. The Morgan fingerprint density at radius 1 is 1.24 bits per heavy atom. The fraction of sp³-hybridized carbons (Fsp3) is 0.0909. The number of benzene rings is 2. The molecule has 4 aromatic rings. The first-order chi connectivity index (χ1) is 14.1. The summed E-state index contributed by atoms with van der Waals surface area (Å²) in [5, 5.41) is 18.1. The van der Waals surface area contributed by atoms with E-state index in [1.165, 1.54) is 10.2 Å². The van der Waals surface area contributed by atoms with Crippen LogP contribution >= 0.6 is 0 Å². The van der Waals surface area contributed by atoms with Gasteiger partial charge in [-0.05, 0) is 47.2 Å². The number of nitrogen functional groups attached to an aromatic ring is 1. The van der Waals surface area contributed by atoms with E-state index in [-0.39, 0.29) is 0 Å². The fourth-order valence-corrected chi connectivity index (χ4v) is 3.24. The SMILES string of the molecule is [C-]#[N+][C@H](C#N)n1cc(Nc2cc3cc(-c4ccccc4C)cc(N)c3cn2)cn1. The number of nitrogens with zero attached hydrogens (tertiary/aromatic N) is 5. The third kappa shape index (κ3) is 3.45. The Balaban J connectivity index is 1.70. The van der Waals surface area contributed by atoms with Crippen molar-refractivity contribution in [1.82, 2.24) is 14.8 Å². The van der Waals surface area contributed by atoms with Crippen molar-refractivity contribution < 1.29 is 0 Å². The second-order valence-electron chi connectivity index (χ2n) is 6.64. The molecule has 2 aromatic heterocycles. The Kier molecular flexibility index (Phi) is 4.56. The normalized spacial score (nSPS) is 11.6. The lowest BCUT2D eigenvalue weighted by Crippen LogP contribution is -2.02. The maximum atomic E-state index is 8.99. The van der Waals surface area contributed by atoms with Gasteiger partial charge >= 0.3 is 6.17 Å². The molecule has 0 amide bonds. The van der Waals surface area contributed by atoms with Gasteiger partial charge in [-0.2, -0.15) is 15.0 Å². The maximum absolute atomic E-state index is 8.99. The molecule has 3 N–H and O–H groups in total. The van der Waals surface area contributed by atoms with E-state index in [4.69, 9.17) is 17.6 Å². The smallest absolute Gasteiger partial charge is 0.398 e. The molecule has 2 heterocycles. The summed E-state index contributed by atoms with van der Waals surface area (Å²) in [5.74, 6) is 0.620. The summed E-state index contributed by atoms with van der Waals surface area (Å²) in [6, 6.07) is 16.0. The molecule has 0 aliphatic heterocycles. The Bertz CT molecular complexity index is 1280. The van der Waals surface area contributed by atoms with E-state index in [1.807, 2.05) is 30.3 Å². The Labute approximate surface area is 167 Å². The van der Waals surface area contributed by atoms with Crippen molar-refractivity contribution in [2.24, 2.45) is 0 Å². The van der Waals surface area contributed by atoms with Crippen LogP contribution in [0.3, 0.4) is 0 Å². The summed E-state index contributed by atoms with van der Waals surface area (Å²) in [5.41, 5.74) is 11.0. The molecule has 0 saturated carbocycles. The summed E-state index contributed by atoms with van der Waals surface area (Å²) in [6.45, 7) is 9.12. The molecule has 0 aliphatic carbocycles. The standard InChI is InChI=1S/C22H17N7/c1-14-5-3-4-6-18(14)15-7-16-9-21(26-12-19(16)20(24)8-15)28-17-11-27-29(13-17)22(10-23)25-2/h3-9,11-13,22H,24H2,1H3,(H,26,28)/t22-/m0/s1. The number of aromatic nitrogens is 3. The molecule has 0 unspecified atom stereocenters. The molecular weight excluding hydrogens is 362 g/mol. The van der Waals surface area contributed by atoms with Gasteiger partial charge in [0.2, 0.25) is 0 Å². The van der Waals surface area contributed by atoms with Gasteiger partial charge in [0.1, 0.15) is 5.82 Å². The third-order valence-corrected chi connectivity index (χ3v) is 4.69. The van der Waals surface area contributed by atoms with Crippen LogP contribution in [-0.2, 0) is 0 Å². The van der Waals surface area contributed by atoms with Gasteiger partial charge in [-0.15, -0.1) is 0 Å². The fourth-order valence-electron chi connectivity index (χ4n) is 3.24. The number of fused-ring (bicyclic) bond motifs is 1. The summed E-state index contributed by atoms with van der Waals surface area (Å²) >= 11 is 0. The van der Waals surface area contributed by atoms with Gasteiger partial charge < -0.3 is 11.1 Å². The molecule has 7 heteroatoms. The number of hydrogen-bond donors (Lipinski definition) is 2. The number of anilines is 3. The van der Waals surface area contributed by atoms with Gasteiger partial charge in [-0.1, -0.05) is 24.3 Å². The quantitative estimate of drug-likeness (QED) is 0.396. The summed E-state index contributed by atoms with van der Waals surface area (Å²) in [7, 11) is 0. The second-order valence-corrected chi connectivity index (χ2v) is 6.64. The molecule has 29 heavy (non-hydrogen) atoms. The van der Waals surface area contributed by atoms with E-state index in [0.29, 0.717) is 17.2 Å². The molecule has 7 nitrogen and oxygen atoms in total. The van der Waals surface area contributed by atoms with E-state index in [0.717, 1.165) is 21.9 Å². The van der Waals surface area contributed by atoms with Gasteiger partial charge in [0.15, 0.2) is 6.07 Å². The Hall–Kier alpha value is -4.36. The zero-order valence-corrected chi connectivity index (χ0v) is 15.7. The van der Waals surface area contributed by atoms with Crippen LogP contribution in [0.25, 0.3) is 26.7 Å². The third-order valence-electron chi connectivity index (χ3n) is 4.69. The minimum absolute atomic E-state index is 0.620. The lowest BCUT2D eigenvalue weighted by Gasteiger charge is -2.11. The topological polar surface area (TPSA) is 96.9 Å². The summed E-state index contributed by atoms with van der Waals surface area (Å²) in [6.07, 6.45) is 3.91. The predicted octanol–water partition coefficient (Wildman–Crippen LogP) is 4.67. The minimum Gasteiger partial charge on any atom is -0.398 e. The predicted molar refractivity (Wildman–Crippen MR) is 113 cm³/mol. The van der Waals surface area contributed by atoms with E-state index in [9.17, 15) is 0 Å². The first kappa shape index (κ1) is 18.0. The lowest BCUT2D eigenvalue weighted by molar-refractivity contribution is 0.634. The number of aryl methyl sites for hydroxylation is 1. The summed E-state index contributed by atoms with van der Waals surface area (Å²) < 4.78 is 1.31. The zero-order valence-electron chi connectivity index (χ0n) is 15.7. The first-order valence-corrected chi connectivity index (χ1v) is 8.91. The van der Waals surface area contributed by atoms with Crippen LogP contribution in [0, 0.1) is 24.8 Å². The molecule has 4 rings (SSSR count). The van der Waals surface area contributed by atoms with Crippen molar-refractivity contribution in [2.45, 2.75) is 13.1 Å². The van der Waals surface area contributed by atoms with Crippen LogP contribution in [0.1, 0.15) is 11.7 Å². The van der Waals surface area contributed by atoms with Crippen LogP contribution in [0.15, 0.2) is 61.1 Å². The molecule has 0 bridgehead atoms. The van der Waals surface area contributed by atoms with Crippen molar-refractivity contribution in [2.75, 3.05) is 11.1 Å². The molecule has 0 aliphatic rings. The van der Waals surface area contributed by atoms with E-state index in [2.05, 4.69) is 45.4 Å². The Morgan fingerprint density at radius 2 is 2.07 bits per heavy atom. The second kappa shape index (κ2) is 7.34. The number of rotatable bonds is 4. The zero-order chi connectivity index (χ0) is 20.4. The first-order valence-electron chi connectivity index (χ1n) is 8.91. The lowest BCUT2D eigenvalue weighted by atomic mass is 9.97. The van der Waals surface area contributed by atoms with Crippen LogP contribution in [-0.4, -0.2) is 14.8 Å². The maximum Gasteiger partial charge on any atom is 0.403 e. The van der Waals surface area contributed by atoms with Crippen molar-refractivity contribution >= 4 is 28.0 Å². The van der Waals surface area contributed by atoms with Crippen LogP contribution < -0.4 is 11.1 Å². The monoisotopic (exact) mass is 379 g/mol. The number of pyridine rings is 1. The molecule has 1 atom stereocenters. The van der Waals surface area contributed by atoms with Gasteiger partial charge in [-0.25, -0.2) is 11.6 Å². The van der Waals surface area contributed by atoms with Crippen LogP contribution in [0.4, 0.5) is 17.2 Å². The molecular formula is C22H17N7. The Morgan fingerprint density at radius 3 is 2.83 bits per heavy atom. The average molecular weight is 379 g/mol. The van der Waals surface area contributed by atoms with Gasteiger partial charge in [-0.3, -0.25) is 4.85 Å². The van der Waals surface area contributed by atoms with Crippen molar-refractivity contribution in [1.29, 1.82) is 5.26 Å². The molecule has 2 aromatic carbocycles. The van der Waals surface area contributed by atoms with E-state index in [1.54, 1.807) is 18.6 Å². The molecule has 140 valence electrons. The average Bonchev–Trinajstić information content (AvgIpc) is 3.17. The number of nitrogens with one attached hydrogen (secondary N) is 1. The molecule has 0 saturated heterocycles. The van der Waals surface area contributed by atoms with Crippen LogP contribution in [0.5, 0.6) is 0 Å². The molecule has 0 radical (unpaired) electrons. The largest absolute Gasteiger partial charge is 0.403 e. The van der Waals surface area contributed by atoms with Crippen molar-refractivity contribution in [3.05, 3.63) is 78.0 Å². The number of hydrogen-bond acceptors (Lipinski definition) is 5. The summed E-state index contributed by atoms with van der Waals surface area (Å²) in [4.78, 5) is 7.65.